The number of hydrogen-bond acceptors (Lipinski definition) is 4. The predicted octanol–water partition coefficient (Wildman–Crippen LogP) is 1.41. The van der Waals surface area contributed by atoms with Gasteiger partial charge in [0.1, 0.15) is 5.75 Å². The maximum absolute atomic E-state index is 12.2. The van der Waals surface area contributed by atoms with Crippen molar-refractivity contribution in [3.8, 4) is 5.75 Å². The lowest BCUT2D eigenvalue weighted by molar-refractivity contribution is -0.125. The van der Waals surface area contributed by atoms with E-state index in [9.17, 15) is 9.59 Å². The third-order valence-electron chi connectivity index (χ3n) is 4.30. The summed E-state index contributed by atoms with van der Waals surface area (Å²) in [5.74, 6) is 0.203. The molecule has 1 heterocycles. The third-order valence-corrected chi connectivity index (χ3v) is 4.30. The minimum absolute atomic E-state index is 0.0794. The number of benzene rings is 1. The van der Waals surface area contributed by atoms with Crippen LogP contribution in [0, 0.1) is 5.92 Å². The van der Waals surface area contributed by atoms with E-state index in [2.05, 4.69) is 12.2 Å². The summed E-state index contributed by atoms with van der Waals surface area (Å²) >= 11 is 0. The monoisotopic (exact) mass is 334 g/mol. The fourth-order valence-electron chi connectivity index (χ4n) is 2.89. The lowest BCUT2D eigenvalue weighted by Gasteiger charge is -2.30. The van der Waals surface area contributed by atoms with Gasteiger partial charge < -0.3 is 20.5 Å². The summed E-state index contributed by atoms with van der Waals surface area (Å²) in [6, 6.07) is 7.40. The second kappa shape index (κ2) is 9.27. The molecule has 2 amide bonds. The number of primary amides is 1. The number of rotatable bonds is 8. The van der Waals surface area contributed by atoms with Gasteiger partial charge in [-0.05, 0) is 42.9 Å². The Kier molecular flexibility index (Phi) is 7.06. The molecule has 132 valence electrons. The second-order valence-corrected chi connectivity index (χ2v) is 6.08. The molecule has 0 radical (unpaired) electrons. The molecule has 24 heavy (non-hydrogen) atoms. The van der Waals surface area contributed by atoms with Gasteiger partial charge in [-0.15, -0.1) is 0 Å². The van der Waals surface area contributed by atoms with Crippen molar-refractivity contribution >= 4 is 11.8 Å². The smallest absolute Gasteiger partial charge is 0.258 e. The van der Waals surface area contributed by atoms with E-state index in [1.807, 2.05) is 24.3 Å². The molecule has 0 bridgehead atoms. The van der Waals surface area contributed by atoms with Crippen molar-refractivity contribution in [3.05, 3.63) is 29.8 Å². The molecule has 6 heteroatoms. The molecule has 2 rings (SSSR count). The quantitative estimate of drug-likeness (QED) is 0.752. The first kappa shape index (κ1) is 18.3. The van der Waals surface area contributed by atoms with Crippen LogP contribution in [0.4, 0.5) is 0 Å². The summed E-state index contributed by atoms with van der Waals surface area (Å²) in [5, 5.41) is 2.89. The van der Waals surface area contributed by atoms with Gasteiger partial charge in [0.15, 0.2) is 6.61 Å². The Labute approximate surface area is 142 Å². The maximum Gasteiger partial charge on any atom is 0.258 e. The summed E-state index contributed by atoms with van der Waals surface area (Å²) in [6.45, 7) is 3.30. The minimum Gasteiger partial charge on any atom is -0.484 e. The zero-order valence-electron chi connectivity index (χ0n) is 14.1. The maximum atomic E-state index is 12.2. The molecule has 0 aliphatic carbocycles. The Hall–Kier alpha value is -2.08. The van der Waals surface area contributed by atoms with Crippen LogP contribution in [0.5, 0.6) is 5.75 Å². The molecule has 1 saturated heterocycles. The van der Waals surface area contributed by atoms with Crippen LogP contribution in [0.25, 0.3) is 0 Å². The second-order valence-electron chi connectivity index (χ2n) is 6.08. The fraction of sp³-hybridized carbons (Fsp3) is 0.556. The van der Waals surface area contributed by atoms with Gasteiger partial charge >= 0.3 is 0 Å². The SMILES string of the molecule is CCc1ccc(OCC(=O)N[C@@H](CC(N)=O)C2CCOCC2)cc1. The highest BCUT2D eigenvalue weighted by Gasteiger charge is 2.27. The van der Waals surface area contributed by atoms with Crippen molar-refractivity contribution in [2.24, 2.45) is 11.7 Å². The van der Waals surface area contributed by atoms with Crippen molar-refractivity contribution in [3.63, 3.8) is 0 Å². The molecule has 1 aliphatic heterocycles. The van der Waals surface area contributed by atoms with Gasteiger partial charge in [-0.1, -0.05) is 19.1 Å². The largest absolute Gasteiger partial charge is 0.484 e. The van der Waals surface area contributed by atoms with Crippen LogP contribution in [0.3, 0.4) is 0 Å². The van der Waals surface area contributed by atoms with Crippen LogP contribution >= 0.6 is 0 Å². The van der Waals surface area contributed by atoms with Crippen LogP contribution in [-0.2, 0) is 20.7 Å². The highest BCUT2D eigenvalue weighted by atomic mass is 16.5. The molecule has 1 fully saturated rings. The van der Waals surface area contributed by atoms with E-state index in [0.717, 1.165) is 19.3 Å². The van der Waals surface area contributed by atoms with Gasteiger partial charge in [0, 0.05) is 25.7 Å². The van der Waals surface area contributed by atoms with Crippen LogP contribution in [0.1, 0.15) is 31.7 Å². The van der Waals surface area contributed by atoms with E-state index in [1.54, 1.807) is 0 Å². The van der Waals surface area contributed by atoms with Crippen LogP contribution in [0.15, 0.2) is 24.3 Å². The summed E-state index contributed by atoms with van der Waals surface area (Å²) in [7, 11) is 0. The summed E-state index contributed by atoms with van der Waals surface area (Å²) in [4.78, 5) is 23.4. The van der Waals surface area contributed by atoms with E-state index in [-0.39, 0.29) is 30.9 Å². The molecule has 1 atom stereocenters. The number of nitrogens with two attached hydrogens (primary N) is 1. The van der Waals surface area contributed by atoms with Gasteiger partial charge in [-0.2, -0.15) is 0 Å². The number of hydrogen-bond donors (Lipinski definition) is 2. The van der Waals surface area contributed by atoms with E-state index in [1.165, 1.54) is 5.56 Å². The lowest BCUT2D eigenvalue weighted by atomic mass is 9.89. The zero-order valence-corrected chi connectivity index (χ0v) is 14.1. The Balaban J connectivity index is 1.85. The molecule has 1 aromatic carbocycles. The number of amides is 2. The lowest BCUT2D eigenvalue weighted by Crippen LogP contribution is -2.46. The molecule has 1 aromatic rings. The van der Waals surface area contributed by atoms with Crippen molar-refractivity contribution in [2.75, 3.05) is 19.8 Å². The standard InChI is InChI=1S/C18H26N2O4/c1-2-13-3-5-15(6-4-13)24-12-18(22)20-16(11-17(19)21)14-7-9-23-10-8-14/h3-6,14,16H,2,7-12H2,1H3,(H2,19,21)(H,20,22)/t16-/m0/s1. The zero-order chi connectivity index (χ0) is 17.4. The predicted molar refractivity (Wildman–Crippen MR) is 90.6 cm³/mol. The number of carbonyl (C=O) groups excluding carboxylic acids is 2. The molecule has 6 nitrogen and oxygen atoms in total. The average Bonchev–Trinajstić information content (AvgIpc) is 2.60. The van der Waals surface area contributed by atoms with Gasteiger partial charge in [-0.3, -0.25) is 9.59 Å². The number of aryl methyl sites for hydroxylation is 1. The van der Waals surface area contributed by atoms with Crippen molar-refractivity contribution in [1.29, 1.82) is 0 Å². The topological polar surface area (TPSA) is 90.6 Å². The molecule has 0 unspecified atom stereocenters. The highest BCUT2D eigenvalue weighted by Crippen LogP contribution is 2.21. The Morgan fingerprint density at radius 1 is 1.29 bits per heavy atom. The number of nitrogens with one attached hydrogen (secondary N) is 1. The highest BCUT2D eigenvalue weighted by molar-refractivity contribution is 5.80. The number of carbonyl (C=O) groups is 2. The van der Waals surface area contributed by atoms with E-state index in [0.29, 0.717) is 19.0 Å². The first-order valence-corrected chi connectivity index (χ1v) is 8.45. The first-order chi connectivity index (χ1) is 11.6. The third kappa shape index (κ3) is 5.85. The van der Waals surface area contributed by atoms with Crippen molar-refractivity contribution in [2.45, 2.75) is 38.6 Å². The van der Waals surface area contributed by atoms with Crippen LogP contribution in [0.2, 0.25) is 0 Å². The summed E-state index contributed by atoms with van der Waals surface area (Å²) in [5.41, 5.74) is 6.53. The number of ether oxygens (including phenoxy) is 2. The van der Waals surface area contributed by atoms with Crippen LogP contribution < -0.4 is 15.8 Å². The molecule has 3 N–H and O–H groups in total. The van der Waals surface area contributed by atoms with Gasteiger partial charge in [0.25, 0.3) is 5.91 Å². The van der Waals surface area contributed by atoms with Crippen molar-refractivity contribution < 1.29 is 19.1 Å². The van der Waals surface area contributed by atoms with Crippen LogP contribution in [-0.4, -0.2) is 37.7 Å². The Morgan fingerprint density at radius 2 is 1.96 bits per heavy atom. The van der Waals surface area contributed by atoms with E-state index < -0.39 is 5.91 Å². The molecular formula is C18H26N2O4. The fourth-order valence-corrected chi connectivity index (χ4v) is 2.89. The van der Waals surface area contributed by atoms with Gasteiger partial charge in [0.05, 0.1) is 0 Å². The molecule has 0 saturated carbocycles. The normalized spacial score (nSPS) is 16.4. The van der Waals surface area contributed by atoms with Gasteiger partial charge in [0.2, 0.25) is 5.91 Å². The minimum atomic E-state index is -0.414. The Bertz CT molecular complexity index is 538. The summed E-state index contributed by atoms with van der Waals surface area (Å²) < 4.78 is 10.8. The first-order valence-electron chi connectivity index (χ1n) is 8.45. The Morgan fingerprint density at radius 3 is 2.54 bits per heavy atom. The van der Waals surface area contributed by atoms with E-state index in [4.69, 9.17) is 15.2 Å². The summed E-state index contributed by atoms with van der Waals surface area (Å²) in [6.07, 6.45) is 2.73. The molecule has 0 aromatic heterocycles. The molecular weight excluding hydrogens is 308 g/mol. The van der Waals surface area contributed by atoms with Gasteiger partial charge in [-0.25, -0.2) is 0 Å². The molecule has 1 aliphatic rings. The van der Waals surface area contributed by atoms with E-state index >= 15 is 0 Å². The van der Waals surface area contributed by atoms with Crippen molar-refractivity contribution in [1.82, 2.24) is 5.32 Å². The molecule has 0 spiro atoms. The average molecular weight is 334 g/mol.